The van der Waals surface area contributed by atoms with Crippen LogP contribution in [0, 0.1) is 27.7 Å². The molecule has 2 aromatic heterocycles. The van der Waals surface area contributed by atoms with Gasteiger partial charge in [0.15, 0.2) is 11.6 Å². The summed E-state index contributed by atoms with van der Waals surface area (Å²) in [5.41, 5.74) is 3.60. The number of likely N-dealkylation sites (tertiary alicyclic amines) is 1. The Kier molecular flexibility index (Phi) is 3.84. The summed E-state index contributed by atoms with van der Waals surface area (Å²) in [4.78, 5) is 19.0. The number of aryl methyl sites for hydroxylation is 4. The second-order valence-electron chi connectivity index (χ2n) is 7.00. The first-order valence-electron chi connectivity index (χ1n) is 8.65. The molecule has 3 heterocycles. The highest BCUT2D eigenvalue weighted by molar-refractivity contribution is 6.00. The van der Waals surface area contributed by atoms with Crippen LogP contribution in [0.25, 0.3) is 11.0 Å². The maximum atomic E-state index is 13.2. The lowest BCUT2D eigenvalue weighted by atomic mass is 10.0. The van der Waals surface area contributed by atoms with Gasteiger partial charge in [0.2, 0.25) is 5.89 Å². The van der Waals surface area contributed by atoms with Crippen molar-refractivity contribution in [1.82, 2.24) is 15.0 Å². The average Bonchev–Trinajstić information content (AvgIpc) is 3.28. The smallest absolute Gasteiger partial charge is 0.290 e. The lowest BCUT2D eigenvalue weighted by Crippen LogP contribution is -2.32. The summed E-state index contributed by atoms with van der Waals surface area (Å²) in [6, 6.07) is 3.56. The molecular weight excluding hydrogens is 334 g/mol. The van der Waals surface area contributed by atoms with Gasteiger partial charge in [-0.25, -0.2) is 0 Å². The third-order valence-corrected chi connectivity index (χ3v) is 5.05. The normalized spacial score (nSPS) is 20.3. The number of furan rings is 1. The molecule has 0 radical (unpaired) electrons. The predicted molar refractivity (Wildman–Crippen MR) is 93.9 cm³/mol. The van der Waals surface area contributed by atoms with Gasteiger partial charge in [0, 0.05) is 23.9 Å². The molecule has 3 aromatic rings. The van der Waals surface area contributed by atoms with E-state index < -0.39 is 12.1 Å². The number of β-amino-alcohol motifs (C(OH)–C–C–N with tert-alkyl or cyclic N) is 1. The highest BCUT2D eigenvalue weighted by Gasteiger charge is 2.40. The van der Waals surface area contributed by atoms with Gasteiger partial charge in [-0.15, -0.1) is 0 Å². The Morgan fingerprint density at radius 3 is 2.62 bits per heavy atom. The van der Waals surface area contributed by atoms with Crippen LogP contribution in [0.1, 0.15) is 51.4 Å². The minimum absolute atomic E-state index is 0.208. The molecule has 1 saturated heterocycles. The molecule has 0 unspecified atom stereocenters. The largest absolute Gasteiger partial charge is 0.450 e. The standard InChI is InChI=1S/C19H21N3O4/c1-9-5-6-10(2)16-15(9)11(3)17(25-16)19(24)22-8-13(23)7-14(22)18-20-12(4)21-26-18/h5-6,13-14,23H,7-8H2,1-4H3/t13-,14-/m1/s1. The number of rotatable bonds is 2. The first-order chi connectivity index (χ1) is 12.4. The van der Waals surface area contributed by atoms with Gasteiger partial charge in [-0.3, -0.25) is 4.79 Å². The van der Waals surface area contributed by atoms with Crippen molar-refractivity contribution in [3.8, 4) is 0 Å². The molecule has 136 valence electrons. The van der Waals surface area contributed by atoms with E-state index in [2.05, 4.69) is 10.1 Å². The van der Waals surface area contributed by atoms with Crippen LogP contribution in [-0.4, -0.2) is 38.7 Å². The van der Waals surface area contributed by atoms with Crippen LogP contribution in [-0.2, 0) is 0 Å². The molecule has 26 heavy (non-hydrogen) atoms. The Morgan fingerprint density at radius 2 is 1.96 bits per heavy atom. The van der Waals surface area contributed by atoms with Gasteiger partial charge in [0.1, 0.15) is 11.6 Å². The van der Waals surface area contributed by atoms with Crippen molar-refractivity contribution < 1.29 is 18.8 Å². The van der Waals surface area contributed by atoms with Crippen LogP contribution in [0.3, 0.4) is 0 Å². The molecule has 1 aromatic carbocycles. The molecule has 7 nitrogen and oxygen atoms in total. The molecule has 2 atom stereocenters. The summed E-state index contributed by atoms with van der Waals surface area (Å²) in [5, 5.41) is 14.9. The zero-order chi connectivity index (χ0) is 18.6. The molecule has 0 spiro atoms. The molecule has 1 amide bonds. The number of carbonyl (C=O) groups is 1. The lowest BCUT2D eigenvalue weighted by Gasteiger charge is -2.20. The van der Waals surface area contributed by atoms with Gasteiger partial charge < -0.3 is 18.9 Å². The number of amides is 1. The van der Waals surface area contributed by atoms with Gasteiger partial charge in [-0.2, -0.15) is 4.98 Å². The SMILES string of the molecule is Cc1noc([C@H]2C[C@@H](O)CN2C(=O)c2oc3c(C)ccc(C)c3c2C)n1. The Labute approximate surface area is 150 Å². The zero-order valence-electron chi connectivity index (χ0n) is 15.2. The highest BCUT2D eigenvalue weighted by atomic mass is 16.5. The van der Waals surface area contributed by atoms with Crippen molar-refractivity contribution in [3.05, 3.63) is 46.3 Å². The first kappa shape index (κ1) is 16.8. The number of hydrogen-bond donors (Lipinski definition) is 1. The minimum atomic E-state index is -0.635. The van der Waals surface area contributed by atoms with Crippen LogP contribution in [0.15, 0.2) is 21.1 Å². The van der Waals surface area contributed by atoms with Gasteiger partial charge >= 0.3 is 0 Å². The molecule has 1 aliphatic heterocycles. The summed E-state index contributed by atoms with van der Waals surface area (Å²) >= 11 is 0. The van der Waals surface area contributed by atoms with Crippen molar-refractivity contribution in [2.24, 2.45) is 0 Å². The third-order valence-electron chi connectivity index (χ3n) is 5.05. The highest BCUT2D eigenvalue weighted by Crippen LogP contribution is 2.36. The molecule has 1 fully saturated rings. The fourth-order valence-electron chi connectivity index (χ4n) is 3.73. The van der Waals surface area contributed by atoms with E-state index in [4.69, 9.17) is 8.94 Å². The number of hydrogen-bond acceptors (Lipinski definition) is 6. The number of nitrogens with zero attached hydrogens (tertiary/aromatic N) is 3. The van der Waals surface area contributed by atoms with E-state index in [-0.39, 0.29) is 12.5 Å². The van der Waals surface area contributed by atoms with Crippen LogP contribution >= 0.6 is 0 Å². The Balaban J connectivity index is 1.77. The van der Waals surface area contributed by atoms with E-state index >= 15 is 0 Å². The summed E-state index contributed by atoms with van der Waals surface area (Å²) in [5.74, 6) is 0.871. The molecule has 0 aliphatic carbocycles. The number of aliphatic hydroxyl groups is 1. The van der Waals surface area contributed by atoms with Gasteiger partial charge in [-0.05, 0) is 38.8 Å². The van der Waals surface area contributed by atoms with Crippen LogP contribution in [0.4, 0.5) is 0 Å². The summed E-state index contributed by atoms with van der Waals surface area (Å²) in [7, 11) is 0. The molecule has 0 saturated carbocycles. The lowest BCUT2D eigenvalue weighted by molar-refractivity contribution is 0.0662. The van der Waals surface area contributed by atoms with Crippen LogP contribution < -0.4 is 0 Å². The molecule has 0 bridgehead atoms. The monoisotopic (exact) mass is 355 g/mol. The van der Waals surface area contributed by atoms with Crippen molar-refractivity contribution in [2.45, 2.75) is 46.3 Å². The van der Waals surface area contributed by atoms with E-state index in [1.807, 2.05) is 32.9 Å². The number of aliphatic hydroxyl groups excluding tert-OH is 1. The third kappa shape index (κ3) is 2.50. The number of benzene rings is 1. The van der Waals surface area contributed by atoms with E-state index in [9.17, 15) is 9.90 Å². The second kappa shape index (κ2) is 5.95. The van der Waals surface area contributed by atoms with Crippen molar-refractivity contribution >= 4 is 16.9 Å². The maximum Gasteiger partial charge on any atom is 0.290 e. The van der Waals surface area contributed by atoms with E-state index in [1.165, 1.54) is 0 Å². The Bertz CT molecular complexity index is 1000. The molecule has 1 aliphatic rings. The number of fused-ring (bicyclic) bond motifs is 1. The van der Waals surface area contributed by atoms with Gasteiger partial charge in [0.05, 0.1) is 6.10 Å². The Morgan fingerprint density at radius 1 is 1.23 bits per heavy atom. The van der Waals surface area contributed by atoms with Crippen LogP contribution in [0.5, 0.6) is 0 Å². The summed E-state index contributed by atoms with van der Waals surface area (Å²) in [6.07, 6.45) is -0.269. The summed E-state index contributed by atoms with van der Waals surface area (Å²) < 4.78 is 11.2. The fraction of sp³-hybridized carbons (Fsp3) is 0.421. The number of carbonyl (C=O) groups excluding carboxylic acids is 1. The summed E-state index contributed by atoms with van der Waals surface area (Å²) in [6.45, 7) is 7.79. The molecule has 1 N–H and O–H groups in total. The minimum Gasteiger partial charge on any atom is -0.450 e. The zero-order valence-corrected chi connectivity index (χ0v) is 15.2. The van der Waals surface area contributed by atoms with E-state index in [0.717, 1.165) is 27.7 Å². The van der Waals surface area contributed by atoms with Crippen molar-refractivity contribution in [1.29, 1.82) is 0 Å². The van der Waals surface area contributed by atoms with E-state index in [1.54, 1.807) is 11.8 Å². The fourth-order valence-corrected chi connectivity index (χ4v) is 3.73. The first-order valence-corrected chi connectivity index (χ1v) is 8.65. The molecule has 7 heteroatoms. The van der Waals surface area contributed by atoms with E-state index in [0.29, 0.717) is 23.9 Å². The van der Waals surface area contributed by atoms with Crippen molar-refractivity contribution in [3.63, 3.8) is 0 Å². The van der Waals surface area contributed by atoms with Crippen LogP contribution in [0.2, 0.25) is 0 Å². The van der Waals surface area contributed by atoms with Crippen molar-refractivity contribution in [2.75, 3.05) is 6.54 Å². The second-order valence-corrected chi connectivity index (χ2v) is 7.00. The quantitative estimate of drug-likeness (QED) is 0.760. The maximum absolute atomic E-state index is 13.2. The van der Waals surface area contributed by atoms with Gasteiger partial charge in [-0.1, -0.05) is 17.3 Å². The average molecular weight is 355 g/mol. The Hall–Kier alpha value is -2.67. The number of aromatic nitrogens is 2. The predicted octanol–water partition coefficient (Wildman–Crippen LogP) is 3.00. The molecule has 4 rings (SSSR count). The topological polar surface area (TPSA) is 92.6 Å². The molecular formula is C19H21N3O4. The van der Waals surface area contributed by atoms with Gasteiger partial charge in [0.25, 0.3) is 5.91 Å².